The minimum atomic E-state index is -0.538. The van der Waals surface area contributed by atoms with Gasteiger partial charge in [0.25, 0.3) is 0 Å². The van der Waals surface area contributed by atoms with Gasteiger partial charge < -0.3 is 9.47 Å². The Balaban J connectivity index is 2.01. The van der Waals surface area contributed by atoms with E-state index in [0.717, 1.165) is 23.3 Å². The van der Waals surface area contributed by atoms with Crippen molar-refractivity contribution < 1.29 is 9.47 Å². The molecular weight excluding hydrogens is 314 g/mol. The molecule has 0 aromatic heterocycles. The molecule has 2 aromatic rings. The molecule has 0 N–H and O–H groups in total. The van der Waals surface area contributed by atoms with E-state index < -0.39 is 6.04 Å². The average Bonchev–Trinajstić information content (AvgIpc) is 3.04. The average molecular weight is 335 g/mol. The first-order valence-electron chi connectivity index (χ1n) is 8.16. The Morgan fingerprint density at radius 3 is 2.56 bits per heavy atom. The second kappa shape index (κ2) is 7.27. The van der Waals surface area contributed by atoms with Crippen LogP contribution in [0.2, 0.25) is 0 Å². The molecule has 0 spiro atoms. The largest absolute Gasteiger partial charge is 0.497 e. The highest BCUT2D eigenvalue weighted by atomic mass is 16.5. The van der Waals surface area contributed by atoms with E-state index >= 15 is 0 Å². The summed E-state index contributed by atoms with van der Waals surface area (Å²) in [7, 11) is 3.20. The quantitative estimate of drug-likeness (QED) is 0.826. The fraction of sp³-hybridized carbons (Fsp3) is 0.300. The summed E-state index contributed by atoms with van der Waals surface area (Å²) in [6, 6.07) is 17.6. The molecule has 25 heavy (non-hydrogen) atoms. The van der Waals surface area contributed by atoms with Gasteiger partial charge in [-0.3, -0.25) is 5.01 Å². The Morgan fingerprint density at radius 1 is 1.16 bits per heavy atom. The molecule has 0 saturated heterocycles. The molecule has 0 fully saturated rings. The third-order valence-electron chi connectivity index (χ3n) is 4.40. The van der Waals surface area contributed by atoms with E-state index in [1.54, 1.807) is 20.3 Å². The molecular formula is C20H21N3O2. The third kappa shape index (κ3) is 3.29. The molecule has 0 aliphatic carbocycles. The summed E-state index contributed by atoms with van der Waals surface area (Å²) in [5.74, 6) is 1.32. The summed E-state index contributed by atoms with van der Waals surface area (Å²) in [5, 5.41) is 16.4. The lowest BCUT2D eigenvalue weighted by Crippen LogP contribution is -2.24. The second-order valence-corrected chi connectivity index (χ2v) is 5.99. The van der Waals surface area contributed by atoms with Gasteiger partial charge in [0.1, 0.15) is 11.5 Å². The monoisotopic (exact) mass is 335 g/mol. The van der Waals surface area contributed by atoms with E-state index in [2.05, 4.69) is 23.3 Å². The smallest absolute Gasteiger partial charge is 0.162 e. The molecule has 2 aromatic carbocycles. The SMILES string of the molecule is COc1ccc([C@H](C#N)N2N=C(C)C[C@H]2c2ccccc2)c(OC)c1. The molecule has 0 bridgehead atoms. The molecule has 0 radical (unpaired) electrons. The van der Waals surface area contributed by atoms with Crippen LogP contribution < -0.4 is 9.47 Å². The molecule has 128 valence electrons. The van der Waals surface area contributed by atoms with Crippen molar-refractivity contribution in [1.82, 2.24) is 5.01 Å². The summed E-state index contributed by atoms with van der Waals surface area (Å²) in [6.45, 7) is 2.00. The molecule has 1 aliphatic heterocycles. The van der Waals surface area contributed by atoms with Gasteiger partial charge in [-0.15, -0.1) is 0 Å². The van der Waals surface area contributed by atoms with Gasteiger partial charge in [0.05, 0.1) is 26.3 Å². The molecule has 3 rings (SSSR count). The number of methoxy groups -OCH3 is 2. The molecule has 0 saturated carbocycles. The third-order valence-corrected chi connectivity index (χ3v) is 4.40. The van der Waals surface area contributed by atoms with Crippen LogP contribution >= 0.6 is 0 Å². The minimum absolute atomic E-state index is 0.0395. The standard InChI is InChI=1S/C20H21N3O2/c1-14-11-18(15-7-5-4-6-8-15)23(22-14)19(13-21)17-10-9-16(24-2)12-20(17)25-3/h4-10,12,18-19H,11H2,1-3H3/t18-,19-/m0/s1. The number of hydrazone groups is 1. The molecule has 5 nitrogen and oxygen atoms in total. The molecule has 1 heterocycles. The number of rotatable bonds is 5. The Bertz CT molecular complexity index is 811. The predicted molar refractivity (Wildman–Crippen MR) is 96.6 cm³/mol. The van der Waals surface area contributed by atoms with Gasteiger partial charge in [0.15, 0.2) is 6.04 Å². The molecule has 2 atom stereocenters. The number of ether oxygens (including phenoxy) is 2. The summed E-state index contributed by atoms with van der Waals surface area (Å²) >= 11 is 0. The summed E-state index contributed by atoms with van der Waals surface area (Å²) in [5.41, 5.74) is 2.95. The Hall–Kier alpha value is -3.00. The van der Waals surface area contributed by atoms with Crippen LogP contribution in [0.5, 0.6) is 11.5 Å². The number of nitrogens with zero attached hydrogens (tertiary/aromatic N) is 3. The lowest BCUT2D eigenvalue weighted by Gasteiger charge is -2.29. The van der Waals surface area contributed by atoms with Crippen molar-refractivity contribution in [2.24, 2.45) is 5.10 Å². The van der Waals surface area contributed by atoms with Gasteiger partial charge >= 0.3 is 0 Å². The lowest BCUT2D eigenvalue weighted by atomic mass is 9.99. The molecule has 1 aliphatic rings. The van der Waals surface area contributed by atoms with E-state index in [1.807, 2.05) is 42.3 Å². The predicted octanol–water partition coefficient (Wildman–Crippen LogP) is 4.09. The van der Waals surface area contributed by atoms with Gasteiger partial charge in [0.2, 0.25) is 0 Å². The fourth-order valence-corrected chi connectivity index (χ4v) is 3.18. The highest BCUT2D eigenvalue weighted by Crippen LogP contribution is 2.40. The van der Waals surface area contributed by atoms with Gasteiger partial charge in [-0.05, 0) is 24.6 Å². The molecule has 0 amide bonds. The van der Waals surface area contributed by atoms with Crippen molar-refractivity contribution in [2.45, 2.75) is 25.4 Å². The first-order chi connectivity index (χ1) is 12.2. The minimum Gasteiger partial charge on any atom is -0.497 e. The normalized spacial score (nSPS) is 17.6. The Kier molecular flexibility index (Phi) is 4.90. The van der Waals surface area contributed by atoms with Crippen LogP contribution in [-0.2, 0) is 0 Å². The highest BCUT2D eigenvalue weighted by molar-refractivity contribution is 5.84. The van der Waals surface area contributed by atoms with Gasteiger partial charge in [-0.1, -0.05) is 30.3 Å². The van der Waals surface area contributed by atoms with E-state index in [4.69, 9.17) is 9.47 Å². The van der Waals surface area contributed by atoms with Gasteiger partial charge in [0, 0.05) is 23.8 Å². The van der Waals surface area contributed by atoms with Crippen molar-refractivity contribution in [3.8, 4) is 17.6 Å². The number of hydrogen-bond acceptors (Lipinski definition) is 5. The summed E-state index contributed by atoms with van der Waals surface area (Å²) < 4.78 is 10.7. The maximum atomic E-state index is 9.89. The first-order valence-corrected chi connectivity index (χ1v) is 8.16. The number of nitriles is 1. The zero-order chi connectivity index (χ0) is 17.8. The lowest BCUT2D eigenvalue weighted by molar-refractivity contribution is 0.193. The van der Waals surface area contributed by atoms with E-state index in [9.17, 15) is 5.26 Å². The van der Waals surface area contributed by atoms with Crippen molar-refractivity contribution in [3.05, 3.63) is 59.7 Å². The van der Waals surface area contributed by atoms with E-state index in [0.29, 0.717) is 11.5 Å². The second-order valence-electron chi connectivity index (χ2n) is 5.99. The van der Waals surface area contributed by atoms with Crippen LogP contribution in [0.4, 0.5) is 0 Å². The number of benzene rings is 2. The highest BCUT2D eigenvalue weighted by Gasteiger charge is 2.34. The van der Waals surface area contributed by atoms with Crippen molar-refractivity contribution in [3.63, 3.8) is 0 Å². The Morgan fingerprint density at radius 2 is 1.92 bits per heavy atom. The Labute approximate surface area is 148 Å². The maximum Gasteiger partial charge on any atom is 0.162 e. The molecule has 5 heteroatoms. The zero-order valence-electron chi connectivity index (χ0n) is 14.6. The van der Waals surface area contributed by atoms with Gasteiger partial charge in [-0.2, -0.15) is 10.4 Å². The van der Waals surface area contributed by atoms with Crippen LogP contribution in [0, 0.1) is 11.3 Å². The fourth-order valence-electron chi connectivity index (χ4n) is 3.18. The van der Waals surface area contributed by atoms with E-state index in [-0.39, 0.29) is 6.04 Å². The maximum absolute atomic E-state index is 9.89. The van der Waals surface area contributed by atoms with Crippen LogP contribution in [0.3, 0.4) is 0 Å². The topological polar surface area (TPSA) is 57.8 Å². The first kappa shape index (κ1) is 16.8. The van der Waals surface area contributed by atoms with Crippen LogP contribution in [-0.4, -0.2) is 24.9 Å². The van der Waals surface area contributed by atoms with Crippen LogP contribution in [0.1, 0.15) is 36.6 Å². The van der Waals surface area contributed by atoms with Crippen LogP contribution in [0.25, 0.3) is 0 Å². The van der Waals surface area contributed by atoms with Crippen molar-refractivity contribution in [1.29, 1.82) is 5.26 Å². The molecule has 0 unspecified atom stereocenters. The summed E-state index contributed by atoms with van der Waals surface area (Å²) in [4.78, 5) is 0. The van der Waals surface area contributed by atoms with Gasteiger partial charge in [-0.25, -0.2) is 0 Å². The summed E-state index contributed by atoms with van der Waals surface area (Å²) in [6.07, 6.45) is 0.806. The van der Waals surface area contributed by atoms with Crippen molar-refractivity contribution >= 4 is 5.71 Å². The van der Waals surface area contributed by atoms with E-state index in [1.165, 1.54) is 0 Å². The zero-order valence-corrected chi connectivity index (χ0v) is 14.6. The number of hydrogen-bond donors (Lipinski definition) is 0. The van der Waals surface area contributed by atoms with Crippen molar-refractivity contribution in [2.75, 3.05) is 14.2 Å². The van der Waals surface area contributed by atoms with Crippen LogP contribution in [0.15, 0.2) is 53.6 Å².